The Hall–Kier alpha value is -2.47. The summed E-state index contributed by atoms with van der Waals surface area (Å²) in [6.07, 6.45) is 2.46. The van der Waals surface area contributed by atoms with Gasteiger partial charge in [-0.1, -0.05) is 29.8 Å². The molecule has 2 rings (SSSR count). The zero-order valence-electron chi connectivity index (χ0n) is 10.8. The molecule has 0 aliphatic rings. The molecule has 1 aromatic heterocycles. The predicted molar refractivity (Wildman–Crippen MR) is 76.4 cm³/mol. The van der Waals surface area contributed by atoms with Crippen molar-refractivity contribution in [1.82, 2.24) is 4.98 Å². The van der Waals surface area contributed by atoms with Crippen LogP contribution in [0.2, 0.25) is 5.02 Å². The molecule has 7 heteroatoms. The number of aromatic nitrogens is 1. The van der Waals surface area contributed by atoms with E-state index in [1.165, 1.54) is 12.3 Å². The lowest BCUT2D eigenvalue weighted by Crippen LogP contribution is -2.16. The second-order valence-corrected chi connectivity index (χ2v) is 4.79. The van der Waals surface area contributed by atoms with Crippen molar-refractivity contribution in [1.29, 1.82) is 0 Å². The lowest BCUT2D eigenvalue weighted by atomic mass is 9.91. The molecule has 1 unspecified atom stereocenters. The third-order valence-electron chi connectivity index (χ3n) is 3.08. The number of nitro groups is 1. The molecule has 1 atom stereocenters. The van der Waals surface area contributed by atoms with Crippen molar-refractivity contribution >= 4 is 23.3 Å². The van der Waals surface area contributed by atoms with Crippen molar-refractivity contribution < 1.29 is 14.8 Å². The maximum absolute atomic E-state index is 11.5. The van der Waals surface area contributed by atoms with Gasteiger partial charge in [0, 0.05) is 16.8 Å². The standard InChI is InChI=1S/C14H11ClN2O4/c15-12-4-2-1-3-9(12)7-11(14(18)19)10-5-6-16-8-13(10)17(20)21/h1-6,8,11H,7H2,(H,18,19). The first kappa shape index (κ1) is 14.9. The summed E-state index contributed by atoms with van der Waals surface area (Å²) >= 11 is 6.02. The molecule has 1 N–H and O–H groups in total. The highest BCUT2D eigenvalue weighted by atomic mass is 35.5. The number of aliphatic carboxylic acids is 1. The minimum Gasteiger partial charge on any atom is -0.481 e. The number of hydrogen-bond acceptors (Lipinski definition) is 4. The van der Waals surface area contributed by atoms with Crippen LogP contribution >= 0.6 is 11.6 Å². The van der Waals surface area contributed by atoms with E-state index in [1.54, 1.807) is 24.3 Å². The van der Waals surface area contributed by atoms with E-state index in [2.05, 4.69) is 4.98 Å². The van der Waals surface area contributed by atoms with Crippen LogP contribution in [0.1, 0.15) is 17.0 Å². The number of hydrogen-bond donors (Lipinski definition) is 1. The first-order valence-electron chi connectivity index (χ1n) is 6.05. The molecule has 0 aliphatic carbocycles. The van der Waals surface area contributed by atoms with Gasteiger partial charge in [-0.2, -0.15) is 0 Å². The SMILES string of the molecule is O=C(O)C(Cc1ccccc1Cl)c1ccncc1[N+](=O)[O-]. The average Bonchev–Trinajstić information content (AvgIpc) is 2.46. The summed E-state index contributed by atoms with van der Waals surface area (Å²) in [4.78, 5) is 25.6. The number of carboxylic acids is 1. The van der Waals surface area contributed by atoms with Gasteiger partial charge in [0.2, 0.25) is 0 Å². The van der Waals surface area contributed by atoms with E-state index in [4.69, 9.17) is 11.6 Å². The van der Waals surface area contributed by atoms with E-state index in [9.17, 15) is 20.0 Å². The van der Waals surface area contributed by atoms with Gasteiger partial charge in [-0.15, -0.1) is 0 Å². The van der Waals surface area contributed by atoms with Gasteiger partial charge >= 0.3 is 5.97 Å². The van der Waals surface area contributed by atoms with Crippen molar-refractivity contribution in [3.63, 3.8) is 0 Å². The second kappa shape index (κ2) is 6.32. The molecule has 0 saturated heterocycles. The molecule has 1 aromatic carbocycles. The van der Waals surface area contributed by atoms with E-state index >= 15 is 0 Å². The van der Waals surface area contributed by atoms with E-state index < -0.39 is 16.8 Å². The van der Waals surface area contributed by atoms with Crippen LogP contribution < -0.4 is 0 Å². The molecule has 0 bridgehead atoms. The third kappa shape index (κ3) is 3.35. The Labute approximate surface area is 125 Å². The highest BCUT2D eigenvalue weighted by molar-refractivity contribution is 6.31. The summed E-state index contributed by atoms with van der Waals surface area (Å²) in [6.45, 7) is 0. The Morgan fingerprint density at radius 2 is 2.10 bits per heavy atom. The molecule has 0 saturated carbocycles. The number of carbonyl (C=O) groups is 1. The minimum absolute atomic E-state index is 0.0693. The molecule has 0 radical (unpaired) electrons. The summed E-state index contributed by atoms with van der Waals surface area (Å²) in [5, 5.41) is 20.8. The first-order valence-corrected chi connectivity index (χ1v) is 6.43. The lowest BCUT2D eigenvalue weighted by Gasteiger charge is -2.13. The fourth-order valence-corrected chi connectivity index (χ4v) is 2.27. The van der Waals surface area contributed by atoms with Gasteiger partial charge in [0.1, 0.15) is 6.20 Å². The fraction of sp³-hybridized carbons (Fsp3) is 0.143. The first-order chi connectivity index (χ1) is 10.0. The largest absolute Gasteiger partial charge is 0.481 e. The number of pyridine rings is 1. The molecule has 2 aromatic rings. The van der Waals surface area contributed by atoms with Gasteiger partial charge in [0.05, 0.1) is 10.8 Å². The second-order valence-electron chi connectivity index (χ2n) is 4.38. The van der Waals surface area contributed by atoms with Gasteiger partial charge in [-0.05, 0) is 24.1 Å². The monoisotopic (exact) mass is 306 g/mol. The topological polar surface area (TPSA) is 93.3 Å². The van der Waals surface area contributed by atoms with Crippen LogP contribution in [0.3, 0.4) is 0 Å². The highest BCUT2D eigenvalue weighted by Crippen LogP contribution is 2.30. The normalized spacial score (nSPS) is 11.9. The van der Waals surface area contributed by atoms with Crippen LogP contribution in [0.5, 0.6) is 0 Å². The average molecular weight is 307 g/mol. The Kier molecular flexibility index (Phi) is 4.49. The summed E-state index contributed by atoms with van der Waals surface area (Å²) in [5.74, 6) is -2.21. The number of benzene rings is 1. The highest BCUT2D eigenvalue weighted by Gasteiger charge is 2.28. The van der Waals surface area contributed by atoms with E-state index in [-0.39, 0.29) is 17.7 Å². The summed E-state index contributed by atoms with van der Waals surface area (Å²) in [6, 6.07) is 8.17. The van der Waals surface area contributed by atoms with Gasteiger partial charge < -0.3 is 5.11 Å². The van der Waals surface area contributed by atoms with E-state index in [1.807, 2.05) is 0 Å². The zero-order valence-corrected chi connectivity index (χ0v) is 11.5. The third-order valence-corrected chi connectivity index (χ3v) is 3.45. The van der Waals surface area contributed by atoms with Gasteiger partial charge in [0.25, 0.3) is 5.69 Å². The minimum atomic E-state index is -1.15. The number of nitrogens with zero attached hydrogens (tertiary/aromatic N) is 2. The van der Waals surface area contributed by atoms with Crippen molar-refractivity contribution in [3.05, 3.63) is 69.0 Å². The van der Waals surface area contributed by atoms with Crippen molar-refractivity contribution in [2.75, 3.05) is 0 Å². The Morgan fingerprint density at radius 1 is 1.38 bits per heavy atom. The molecular formula is C14H11ClN2O4. The Balaban J connectivity index is 2.44. The molecule has 0 spiro atoms. The smallest absolute Gasteiger partial charge is 0.311 e. The van der Waals surface area contributed by atoms with Crippen LogP contribution in [0.25, 0.3) is 0 Å². The molecule has 21 heavy (non-hydrogen) atoms. The van der Waals surface area contributed by atoms with Gasteiger partial charge in [-0.3, -0.25) is 19.9 Å². The lowest BCUT2D eigenvalue weighted by molar-refractivity contribution is -0.386. The quantitative estimate of drug-likeness (QED) is 0.677. The van der Waals surface area contributed by atoms with Crippen molar-refractivity contribution in [3.8, 4) is 0 Å². The van der Waals surface area contributed by atoms with Crippen LogP contribution in [0.4, 0.5) is 5.69 Å². The summed E-state index contributed by atoms with van der Waals surface area (Å²) in [7, 11) is 0. The molecule has 6 nitrogen and oxygen atoms in total. The van der Waals surface area contributed by atoms with E-state index in [0.29, 0.717) is 10.6 Å². The molecule has 1 heterocycles. The summed E-state index contributed by atoms with van der Waals surface area (Å²) < 4.78 is 0. The van der Waals surface area contributed by atoms with Crippen molar-refractivity contribution in [2.45, 2.75) is 12.3 Å². The Bertz CT molecular complexity index is 690. The van der Waals surface area contributed by atoms with Crippen molar-refractivity contribution in [2.24, 2.45) is 0 Å². The predicted octanol–water partition coefficient (Wildman–Crippen LogP) is 3.05. The number of halogens is 1. The Morgan fingerprint density at radius 3 is 2.71 bits per heavy atom. The molecule has 0 aliphatic heterocycles. The van der Waals surface area contributed by atoms with Gasteiger partial charge in [0.15, 0.2) is 0 Å². The molecule has 0 fully saturated rings. The maximum Gasteiger partial charge on any atom is 0.311 e. The molecule has 108 valence electrons. The van der Waals surface area contributed by atoms with E-state index in [0.717, 1.165) is 6.20 Å². The number of carboxylic acid groups (broad SMARTS) is 1. The molecule has 0 amide bonds. The summed E-state index contributed by atoms with van der Waals surface area (Å²) in [5.41, 5.74) is 0.428. The number of rotatable bonds is 5. The van der Waals surface area contributed by atoms with Crippen LogP contribution in [-0.4, -0.2) is 21.0 Å². The zero-order chi connectivity index (χ0) is 15.4. The fourth-order valence-electron chi connectivity index (χ4n) is 2.06. The maximum atomic E-state index is 11.5. The van der Waals surface area contributed by atoms with Crippen LogP contribution in [0, 0.1) is 10.1 Å². The van der Waals surface area contributed by atoms with Crippen LogP contribution in [0.15, 0.2) is 42.7 Å². The van der Waals surface area contributed by atoms with Gasteiger partial charge in [-0.25, -0.2) is 0 Å². The molecular weight excluding hydrogens is 296 g/mol. The van der Waals surface area contributed by atoms with Crippen LogP contribution in [-0.2, 0) is 11.2 Å².